The van der Waals surface area contributed by atoms with Crippen LogP contribution in [0, 0.1) is 20.8 Å². The van der Waals surface area contributed by atoms with Gasteiger partial charge >= 0.3 is 0 Å². The number of hydrogen-bond acceptors (Lipinski definition) is 4. The number of ether oxygens (including phenoxy) is 1. The van der Waals surface area contributed by atoms with Gasteiger partial charge in [-0.05, 0) is 56.2 Å². The first-order valence-electron chi connectivity index (χ1n) is 9.46. The van der Waals surface area contributed by atoms with Crippen molar-refractivity contribution < 1.29 is 9.53 Å². The summed E-state index contributed by atoms with van der Waals surface area (Å²) in [5, 5.41) is 9.01. The number of aryl methyl sites for hydroxylation is 3. The van der Waals surface area contributed by atoms with Gasteiger partial charge in [-0.3, -0.25) is 4.79 Å². The smallest absolute Gasteiger partial charge is 0.260 e. The summed E-state index contributed by atoms with van der Waals surface area (Å²) >= 11 is 6.08. The molecule has 1 N–H and O–H groups in total. The third-order valence-corrected chi connectivity index (χ3v) is 5.17. The third-order valence-electron chi connectivity index (χ3n) is 4.93. The molecule has 0 radical (unpaired) electrons. The van der Waals surface area contributed by atoms with Crippen molar-refractivity contribution in [2.24, 2.45) is 0 Å². The molecule has 0 atom stereocenters. The van der Waals surface area contributed by atoms with Crippen LogP contribution in [0.25, 0.3) is 16.7 Å². The molecule has 1 amide bonds. The molecule has 152 valence electrons. The molecule has 0 saturated carbocycles. The standard InChI is InChI=1S/C23H21ClN4O2/c1-13-6-5-7-17-14(2)10-20(25-22(13)17)28-21(11-15(3)27-28)26-23(29)18-12-16(24)8-9-19(18)30-4/h5-12H,1-4H3,(H,26,29). The number of fused-ring (bicyclic) bond motifs is 1. The number of nitrogens with zero attached hydrogens (tertiary/aromatic N) is 3. The van der Waals surface area contributed by atoms with Crippen molar-refractivity contribution in [3.8, 4) is 11.6 Å². The number of anilines is 1. The van der Waals surface area contributed by atoms with E-state index >= 15 is 0 Å². The second-order valence-corrected chi connectivity index (χ2v) is 7.59. The summed E-state index contributed by atoms with van der Waals surface area (Å²) in [5.74, 6) is 1.24. The topological polar surface area (TPSA) is 69.0 Å². The lowest BCUT2D eigenvalue weighted by Gasteiger charge is -2.13. The summed E-state index contributed by atoms with van der Waals surface area (Å²) in [6.07, 6.45) is 0. The predicted octanol–water partition coefficient (Wildman–Crippen LogP) is 5.26. The van der Waals surface area contributed by atoms with Crippen LogP contribution in [0.5, 0.6) is 5.75 Å². The van der Waals surface area contributed by atoms with Gasteiger partial charge in [0.05, 0.1) is 23.9 Å². The number of carbonyl (C=O) groups is 1. The van der Waals surface area contributed by atoms with Crippen molar-refractivity contribution >= 4 is 34.2 Å². The Labute approximate surface area is 179 Å². The van der Waals surface area contributed by atoms with E-state index in [1.54, 1.807) is 28.9 Å². The van der Waals surface area contributed by atoms with Crippen LogP contribution in [0.3, 0.4) is 0 Å². The molecule has 7 heteroatoms. The van der Waals surface area contributed by atoms with Crippen LogP contribution < -0.4 is 10.1 Å². The molecule has 0 fully saturated rings. The van der Waals surface area contributed by atoms with E-state index < -0.39 is 0 Å². The van der Waals surface area contributed by atoms with Crippen molar-refractivity contribution in [1.29, 1.82) is 0 Å². The monoisotopic (exact) mass is 420 g/mol. The fourth-order valence-electron chi connectivity index (χ4n) is 3.46. The highest BCUT2D eigenvalue weighted by Crippen LogP contribution is 2.26. The van der Waals surface area contributed by atoms with Gasteiger partial charge in [-0.25, -0.2) is 4.98 Å². The van der Waals surface area contributed by atoms with E-state index in [0.29, 0.717) is 28.0 Å². The van der Waals surface area contributed by atoms with Gasteiger partial charge in [-0.1, -0.05) is 29.8 Å². The maximum atomic E-state index is 13.0. The van der Waals surface area contributed by atoms with Crippen molar-refractivity contribution in [1.82, 2.24) is 14.8 Å². The number of hydrogen-bond donors (Lipinski definition) is 1. The summed E-state index contributed by atoms with van der Waals surface area (Å²) in [5.41, 5.74) is 4.17. The lowest BCUT2D eigenvalue weighted by Crippen LogP contribution is -2.16. The summed E-state index contributed by atoms with van der Waals surface area (Å²) in [6, 6.07) is 14.8. The Bertz CT molecular complexity index is 1280. The van der Waals surface area contributed by atoms with E-state index in [1.165, 1.54) is 7.11 Å². The quantitative estimate of drug-likeness (QED) is 0.489. The van der Waals surface area contributed by atoms with Crippen molar-refractivity contribution in [2.45, 2.75) is 20.8 Å². The van der Waals surface area contributed by atoms with E-state index in [9.17, 15) is 4.79 Å². The average molecular weight is 421 g/mol. The summed E-state index contributed by atoms with van der Waals surface area (Å²) in [4.78, 5) is 17.8. The Kier molecular flexibility index (Phi) is 5.18. The molecular weight excluding hydrogens is 400 g/mol. The molecule has 0 aliphatic heterocycles. The zero-order valence-corrected chi connectivity index (χ0v) is 17.9. The maximum absolute atomic E-state index is 13.0. The van der Waals surface area contributed by atoms with Gasteiger partial charge in [0.15, 0.2) is 5.82 Å². The lowest BCUT2D eigenvalue weighted by molar-refractivity contribution is 0.102. The molecule has 30 heavy (non-hydrogen) atoms. The van der Waals surface area contributed by atoms with Crippen molar-refractivity contribution in [3.63, 3.8) is 0 Å². The molecule has 2 aromatic heterocycles. The summed E-state index contributed by atoms with van der Waals surface area (Å²) in [7, 11) is 1.51. The molecular formula is C23H21ClN4O2. The van der Waals surface area contributed by atoms with Crippen LogP contribution in [0.1, 0.15) is 27.2 Å². The number of carbonyl (C=O) groups excluding carboxylic acids is 1. The first-order chi connectivity index (χ1) is 14.4. The number of aromatic nitrogens is 3. The highest BCUT2D eigenvalue weighted by molar-refractivity contribution is 6.31. The van der Waals surface area contributed by atoms with E-state index in [2.05, 4.69) is 16.5 Å². The van der Waals surface area contributed by atoms with E-state index in [4.69, 9.17) is 21.3 Å². The second-order valence-electron chi connectivity index (χ2n) is 7.15. The van der Waals surface area contributed by atoms with E-state index in [1.807, 2.05) is 39.0 Å². The van der Waals surface area contributed by atoms with Crippen LogP contribution in [-0.4, -0.2) is 27.8 Å². The Morgan fingerprint density at radius 1 is 1.07 bits per heavy atom. The molecule has 2 aromatic carbocycles. The number of rotatable bonds is 4. The molecule has 4 aromatic rings. The Morgan fingerprint density at radius 2 is 1.87 bits per heavy atom. The van der Waals surface area contributed by atoms with Crippen LogP contribution >= 0.6 is 11.6 Å². The number of amides is 1. The van der Waals surface area contributed by atoms with E-state index in [0.717, 1.165) is 27.7 Å². The molecule has 0 unspecified atom stereocenters. The Balaban J connectivity index is 1.77. The second kappa shape index (κ2) is 7.80. The lowest BCUT2D eigenvalue weighted by atomic mass is 10.1. The normalized spacial score (nSPS) is 11.0. The van der Waals surface area contributed by atoms with Gasteiger partial charge < -0.3 is 10.1 Å². The molecule has 6 nitrogen and oxygen atoms in total. The van der Waals surface area contributed by atoms with Gasteiger partial charge in [0, 0.05) is 16.5 Å². The maximum Gasteiger partial charge on any atom is 0.260 e. The zero-order chi connectivity index (χ0) is 21.4. The minimum absolute atomic E-state index is 0.342. The number of pyridine rings is 1. The number of para-hydroxylation sites is 1. The highest BCUT2D eigenvalue weighted by Gasteiger charge is 2.18. The Morgan fingerprint density at radius 3 is 2.63 bits per heavy atom. The fraction of sp³-hybridized carbons (Fsp3) is 0.174. The number of methoxy groups -OCH3 is 1. The Hall–Kier alpha value is -3.38. The molecule has 0 saturated heterocycles. The number of nitrogens with one attached hydrogen (secondary N) is 1. The SMILES string of the molecule is COc1ccc(Cl)cc1C(=O)Nc1cc(C)nn1-c1cc(C)c2cccc(C)c2n1. The number of benzene rings is 2. The molecule has 0 aliphatic rings. The predicted molar refractivity (Wildman–Crippen MR) is 119 cm³/mol. The van der Waals surface area contributed by atoms with E-state index in [-0.39, 0.29) is 5.91 Å². The van der Waals surface area contributed by atoms with Gasteiger partial charge in [0.25, 0.3) is 5.91 Å². The molecule has 2 heterocycles. The third kappa shape index (κ3) is 3.62. The largest absolute Gasteiger partial charge is 0.496 e. The van der Waals surface area contributed by atoms with Crippen LogP contribution in [0.4, 0.5) is 5.82 Å². The first-order valence-corrected chi connectivity index (χ1v) is 9.84. The van der Waals surface area contributed by atoms with Gasteiger partial charge in [0.1, 0.15) is 11.6 Å². The summed E-state index contributed by atoms with van der Waals surface area (Å²) in [6.45, 7) is 5.94. The highest BCUT2D eigenvalue weighted by atomic mass is 35.5. The minimum atomic E-state index is -0.343. The summed E-state index contributed by atoms with van der Waals surface area (Å²) < 4.78 is 6.94. The first kappa shape index (κ1) is 19.9. The van der Waals surface area contributed by atoms with Crippen LogP contribution in [-0.2, 0) is 0 Å². The molecule has 0 aliphatic carbocycles. The van der Waals surface area contributed by atoms with Crippen molar-refractivity contribution in [2.75, 3.05) is 12.4 Å². The van der Waals surface area contributed by atoms with Crippen LogP contribution in [0.2, 0.25) is 5.02 Å². The minimum Gasteiger partial charge on any atom is -0.496 e. The molecule has 0 spiro atoms. The van der Waals surface area contributed by atoms with Gasteiger partial charge in [-0.15, -0.1) is 0 Å². The van der Waals surface area contributed by atoms with Crippen LogP contribution in [0.15, 0.2) is 48.5 Å². The molecule has 4 rings (SSSR count). The van der Waals surface area contributed by atoms with Crippen molar-refractivity contribution in [3.05, 3.63) is 75.9 Å². The number of halogens is 1. The van der Waals surface area contributed by atoms with Gasteiger partial charge in [-0.2, -0.15) is 9.78 Å². The zero-order valence-electron chi connectivity index (χ0n) is 17.2. The molecule has 0 bridgehead atoms. The van der Waals surface area contributed by atoms with Gasteiger partial charge in [0.2, 0.25) is 0 Å². The average Bonchev–Trinajstić information content (AvgIpc) is 3.08. The fourth-order valence-corrected chi connectivity index (χ4v) is 3.63.